The van der Waals surface area contributed by atoms with Gasteiger partial charge in [0.2, 0.25) is 5.91 Å². The van der Waals surface area contributed by atoms with Crippen LogP contribution in [0.3, 0.4) is 0 Å². The number of nitrogens with one attached hydrogen (secondary N) is 4. The Bertz CT molecular complexity index is 379. The summed E-state index contributed by atoms with van der Waals surface area (Å²) in [7, 11) is 0. The van der Waals surface area contributed by atoms with E-state index >= 15 is 0 Å². The molecule has 1 aliphatic heterocycles. The largest absolute Gasteiger partial charge is 0.480 e. The van der Waals surface area contributed by atoms with E-state index in [9.17, 15) is 9.59 Å². The summed E-state index contributed by atoms with van der Waals surface area (Å²) in [6, 6.07) is -1.26. The van der Waals surface area contributed by atoms with E-state index < -0.39 is 12.0 Å². The van der Waals surface area contributed by atoms with Crippen LogP contribution < -0.4 is 21.7 Å². The Balaban J connectivity index is 2.36. The first-order valence-electron chi connectivity index (χ1n) is 6.39. The molecule has 3 atom stereocenters. The molecular weight excluding hydrogens is 282 g/mol. The topological polar surface area (TPSA) is 140 Å². The lowest BCUT2D eigenvalue weighted by Crippen LogP contribution is -2.50. The van der Waals surface area contributed by atoms with E-state index in [0.29, 0.717) is 18.7 Å². The minimum absolute atomic E-state index is 0.151. The minimum Gasteiger partial charge on any atom is -0.480 e. The van der Waals surface area contributed by atoms with Crippen molar-refractivity contribution in [1.82, 2.24) is 16.0 Å². The number of carbonyl (C=O) groups is 2. The van der Waals surface area contributed by atoms with Crippen molar-refractivity contribution in [3.8, 4) is 0 Å². The van der Waals surface area contributed by atoms with E-state index in [4.69, 9.17) is 16.2 Å². The summed E-state index contributed by atoms with van der Waals surface area (Å²) in [4.78, 5) is 23.0. The van der Waals surface area contributed by atoms with Crippen molar-refractivity contribution < 1.29 is 14.7 Å². The van der Waals surface area contributed by atoms with Gasteiger partial charge in [0.05, 0.1) is 11.4 Å². The summed E-state index contributed by atoms with van der Waals surface area (Å²) in [5, 5.41) is 24.5. The van der Waals surface area contributed by atoms with Crippen molar-refractivity contribution in [2.45, 2.75) is 37.2 Å². The van der Waals surface area contributed by atoms with Crippen molar-refractivity contribution in [3.63, 3.8) is 0 Å². The average Bonchev–Trinajstić information content (AvgIpc) is 2.79. The van der Waals surface area contributed by atoms with Crippen LogP contribution in [0.2, 0.25) is 0 Å². The summed E-state index contributed by atoms with van der Waals surface area (Å²) in [6.45, 7) is 2.36. The van der Waals surface area contributed by atoms with Gasteiger partial charge in [0, 0.05) is 12.3 Å². The van der Waals surface area contributed by atoms with Gasteiger partial charge < -0.3 is 21.5 Å². The Morgan fingerprint density at radius 3 is 2.80 bits per heavy atom. The van der Waals surface area contributed by atoms with Crippen LogP contribution >= 0.6 is 11.8 Å². The van der Waals surface area contributed by atoms with Gasteiger partial charge in [-0.25, -0.2) is 4.79 Å². The van der Waals surface area contributed by atoms with Gasteiger partial charge in [0.1, 0.15) is 6.04 Å². The molecule has 1 aliphatic rings. The number of carboxylic acids is 1. The molecule has 8 nitrogen and oxygen atoms in total. The van der Waals surface area contributed by atoms with Gasteiger partial charge in [0.25, 0.3) is 0 Å². The number of hydrogen-bond donors (Lipinski definition) is 6. The van der Waals surface area contributed by atoms with Crippen molar-refractivity contribution in [2.24, 2.45) is 5.73 Å². The number of carbonyl (C=O) groups excluding carboxylic acids is 1. The molecule has 7 N–H and O–H groups in total. The quantitative estimate of drug-likeness (QED) is 0.199. The van der Waals surface area contributed by atoms with Gasteiger partial charge in [-0.05, 0) is 19.8 Å². The second-order valence-electron chi connectivity index (χ2n) is 4.58. The molecule has 1 fully saturated rings. The molecule has 0 aromatic heterocycles. The third-order valence-electron chi connectivity index (χ3n) is 2.86. The smallest absolute Gasteiger partial charge is 0.326 e. The molecular formula is C11H21N5O3S. The standard InChI is InChI=1S/C11H21N5O3S/c1-6-15-8(5-20-6)9(17)16-7(10(18)19)3-2-4-14-11(12)13/h6-8,15H,2-5H2,1H3,(H,16,17)(H,18,19)(H4,12,13,14). The highest BCUT2D eigenvalue weighted by molar-refractivity contribution is 8.00. The lowest BCUT2D eigenvalue weighted by molar-refractivity contribution is -0.142. The molecule has 0 saturated carbocycles. The van der Waals surface area contributed by atoms with Crippen LogP contribution in [-0.2, 0) is 9.59 Å². The highest BCUT2D eigenvalue weighted by Crippen LogP contribution is 2.17. The van der Waals surface area contributed by atoms with Crippen molar-refractivity contribution in [3.05, 3.63) is 0 Å². The van der Waals surface area contributed by atoms with Crippen LogP contribution in [0.5, 0.6) is 0 Å². The second kappa shape index (κ2) is 7.95. The molecule has 0 aromatic carbocycles. The van der Waals surface area contributed by atoms with Crippen LogP contribution in [0.15, 0.2) is 0 Å². The molecule has 0 spiro atoms. The first-order valence-corrected chi connectivity index (χ1v) is 7.43. The number of rotatable bonds is 7. The molecule has 1 heterocycles. The third-order valence-corrected chi connectivity index (χ3v) is 4.03. The number of guanidine groups is 1. The molecule has 0 radical (unpaired) electrons. The molecule has 1 rings (SSSR count). The van der Waals surface area contributed by atoms with Crippen LogP contribution in [0.1, 0.15) is 19.8 Å². The molecule has 20 heavy (non-hydrogen) atoms. The highest BCUT2D eigenvalue weighted by atomic mass is 32.2. The Kier molecular flexibility index (Phi) is 6.59. The van der Waals surface area contributed by atoms with Crippen molar-refractivity contribution in [2.75, 3.05) is 12.3 Å². The fraction of sp³-hybridized carbons (Fsp3) is 0.727. The zero-order valence-electron chi connectivity index (χ0n) is 11.3. The van der Waals surface area contributed by atoms with Crippen LogP contribution in [0, 0.1) is 5.41 Å². The van der Waals surface area contributed by atoms with E-state index in [1.807, 2.05) is 6.92 Å². The number of nitrogens with two attached hydrogens (primary N) is 1. The Labute approximate surface area is 121 Å². The second-order valence-corrected chi connectivity index (χ2v) is 5.95. The number of carboxylic acid groups (broad SMARTS) is 1. The van der Waals surface area contributed by atoms with E-state index in [-0.39, 0.29) is 29.7 Å². The summed E-state index contributed by atoms with van der Waals surface area (Å²) in [6.07, 6.45) is 0.789. The number of thioether (sulfide) groups is 1. The zero-order valence-corrected chi connectivity index (χ0v) is 12.1. The molecule has 1 saturated heterocycles. The fourth-order valence-corrected chi connectivity index (χ4v) is 2.82. The molecule has 0 aliphatic carbocycles. The summed E-state index contributed by atoms with van der Waals surface area (Å²) < 4.78 is 0. The maximum Gasteiger partial charge on any atom is 0.326 e. The Hall–Kier alpha value is -1.48. The summed E-state index contributed by atoms with van der Waals surface area (Å²) in [5.41, 5.74) is 5.12. The number of hydrogen-bond acceptors (Lipinski definition) is 5. The molecule has 1 amide bonds. The van der Waals surface area contributed by atoms with Gasteiger partial charge >= 0.3 is 5.97 Å². The van der Waals surface area contributed by atoms with E-state index in [2.05, 4.69) is 16.0 Å². The fourth-order valence-electron chi connectivity index (χ4n) is 1.83. The van der Waals surface area contributed by atoms with Gasteiger partial charge in [-0.2, -0.15) is 0 Å². The predicted octanol–water partition coefficient (Wildman–Crippen LogP) is -1.13. The van der Waals surface area contributed by atoms with Gasteiger partial charge in [-0.3, -0.25) is 15.5 Å². The van der Waals surface area contributed by atoms with Crippen LogP contribution in [0.25, 0.3) is 0 Å². The molecule has 9 heteroatoms. The molecule has 0 bridgehead atoms. The van der Waals surface area contributed by atoms with Crippen molar-refractivity contribution >= 4 is 29.6 Å². The highest BCUT2D eigenvalue weighted by Gasteiger charge is 2.29. The van der Waals surface area contributed by atoms with Crippen LogP contribution in [0.4, 0.5) is 0 Å². The van der Waals surface area contributed by atoms with Crippen molar-refractivity contribution in [1.29, 1.82) is 5.41 Å². The Morgan fingerprint density at radius 1 is 1.60 bits per heavy atom. The molecule has 114 valence electrons. The van der Waals surface area contributed by atoms with Gasteiger partial charge in [0.15, 0.2) is 5.96 Å². The lowest BCUT2D eigenvalue weighted by atomic mass is 10.1. The number of aliphatic carboxylic acids is 1. The predicted molar refractivity (Wildman–Crippen MR) is 77.6 cm³/mol. The first kappa shape index (κ1) is 16.6. The lowest BCUT2D eigenvalue weighted by Gasteiger charge is -2.17. The first-order chi connectivity index (χ1) is 9.40. The third kappa shape index (κ3) is 5.66. The van der Waals surface area contributed by atoms with Crippen LogP contribution in [-0.4, -0.2) is 52.7 Å². The number of amides is 1. The van der Waals surface area contributed by atoms with Gasteiger partial charge in [-0.15, -0.1) is 11.8 Å². The maximum atomic E-state index is 11.9. The van der Waals surface area contributed by atoms with E-state index in [0.717, 1.165) is 0 Å². The zero-order chi connectivity index (χ0) is 15.1. The van der Waals surface area contributed by atoms with E-state index in [1.54, 1.807) is 11.8 Å². The van der Waals surface area contributed by atoms with E-state index in [1.165, 1.54) is 0 Å². The minimum atomic E-state index is -1.06. The average molecular weight is 303 g/mol. The normalized spacial score (nSPS) is 23.1. The monoisotopic (exact) mass is 303 g/mol. The Morgan fingerprint density at radius 2 is 2.30 bits per heavy atom. The molecule has 0 aromatic rings. The maximum absolute atomic E-state index is 11.9. The van der Waals surface area contributed by atoms with Gasteiger partial charge in [-0.1, -0.05) is 0 Å². The SMILES string of the molecule is CC1NC(C(=O)NC(CCCNC(=N)N)C(=O)O)CS1. The molecule has 3 unspecified atom stereocenters. The summed E-state index contributed by atoms with van der Waals surface area (Å²) >= 11 is 1.63. The summed E-state index contributed by atoms with van der Waals surface area (Å²) in [5.74, 6) is -0.846.